The van der Waals surface area contributed by atoms with Crippen LogP contribution in [0.25, 0.3) is 11.3 Å². The van der Waals surface area contributed by atoms with Crippen LogP contribution >= 0.6 is 0 Å². The summed E-state index contributed by atoms with van der Waals surface area (Å²) in [7, 11) is 3.75. The van der Waals surface area contributed by atoms with Gasteiger partial charge in [0.05, 0.1) is 11.4 Å². The normalized spacial score (nSPS) is 17.1. The van der Waals surface area contributed by atoms with Crippen molar-refractivity contribution in [1.29, 1.82) is 0 Å². The van der Waals surface area contributed by atoms with Crippen LogP contribution in [-0.4, -0.2) is 50.0 Å². The minimum absolute atomic E-state index is 0.0166. The Morgan fingerprint density at radius 1 is 1.11 bits per heavy atom. The number of amides is 1. The summed E-state index contributed by atoms with van der Waals surface area (Å²) in [5.74, 6) is 0.0166. The molecule has 1 aliphatic rings. The Labute approximate surface area is 165 Å². The summed E-state index contributed by atoms with van der Waals surface area (Å²) in [4.78, 5) is 15.1. The van der Waals surface area contributed by atoms with Crippen molar-refractivity contribution in [2.75, 3.05) is 19.6 Å². The number of aromatic nitrogens is 4. The lowest BCUT2D eigenvalue weighted by atomic mass is 10.0. The number of nitrogens with one attached hydrogen (secondary N) is 1. The van der Waals surface area contributed by atoms with Crippen molar-refractivity contribution in [2.45, 2.75) is 19.9 Å². The molecule has 7 nitrogen and oxygen atoms in total. The van der Waals surface area contributed by atoms with Gasteiger partial charge in [-0.25, -0.2) is 0 Å². The van der Waals surface area contributed by atoms with Gasteiger partial charge in [0.1, 0.15) is 5.69 Å². The lowest BCUT2D eigenvalue weighted by Gasteiger charge is -2.34. The molecule has 0 spiro atoms. The molecule has 28 heavy (non-hydrogen) atoms. The van der Waals surface area contributed by atoms with E-state index in [2.05, 4.69) is 27.6 Å². The van der Waals surface area contributed by atoms with E-state index in [1.54, 1.807) is 4.68 Å². The van der Waals surface area contributed by atoms with E-state index in [1.165, 1.54) is 5.56 Å². The van der Waals surface area contributed by atoms with Crippen LogP contribution in [0.3, 0.4) is 0 Å². The summed E-state index contributed by atoms with van der Waals surface area (Å²) < 4.78 is 3.53. The summed E-state index contributed by atoms with van der Waals surface area (Å²) in [6.07, 6.45) is 0. The number of aryl methyl sites for hydroxylation is 3. The van der Waals surface area contributed by atoms with Crippen molar-refractivity contribution in [3.63, 3.8) is 0 Å². The Kier molecular flexibility index (Phi) is 4.77. The molecule has 2 aromatic heterocycles. The van der Waals surface area contributed by atoms with Gasteiger partial charge in [-0.15, -0.1) is 0 Å². The van der Waals surface area contributed by atoms with Gasteiger partial charge in [0.2, 0.25) is 0 Å². The fourth-order valence-corrected chi connectivity index (χ4v) is 3.94. The van der Waals surface area contributed by atoms with E-state index in [0.29, 0.717) is 18.8 Å². The highest BCUT2D eigenvalue weighted by Gasteiger charge is 2.28. The fourth-order valence-electron chi connectivity index (χ4n) is 3.94. The first-order chi connectivity index (χ1) is 13.5. The molecule has 1 atom stereocenters. The van der Waals surface area contributed by atoms with Crippen LogP contribution in [0.1, 0.15) is 33.5 Å². The van der Waals surface area contributed by atoms with E-state index in [1.807, 2.05) is 61.8 Å². The molecular weight excluding hydrogens is 352 g/mol. The fraction of sp³-hybridized carbons (Fsp3) is 0.381. The molecule has 0 radical (unpaired) electrons. The maximum Gasteiger partial charge on any atom is 0.272 e. The van der Waals surface area contributed by atoms with Crippen molar-refractivity contribution < 1.29 is 4.79 Å². The highest BCUT2D eigenvalue weighted by Crippen LogP contribution is 2.27. The van der Waals surface area contributed by atoms with Gasteiger partial charge in [0, 0.05) is 51.0 Å². The molecule has 1 aliphatic heterocycles. The molecule has 0 bridgehead atoms. The Bertz CT molecular complexity index is 1000. The standard InChI is InChI=1S/C21H26N6O/c1-14-20(15(2)25(3)23-14)17-12-19(26(4)24-17)21(28)27-11-10-22-18(13-27)16-8-6-5-7-9-16/h5-9,12,18,22H,10-11,13H2,1-4H3. The molecule has 1 saturated heterocycles. The Balaban J connectivity index is 1.59. The average molecular weight is 378 g/mol. The molecule has 1 unspecified atom stereocenters. The number of nitrogens with zero attached hydrogens (tertiary/aromatic N) is 5. The van der Waals surface area contributed by atoms with Gasteiger partial charge >= 0.3 is 0 Å². The number of hydrogen-bond acceptors (Lipinski definition) is 4. The number of hydrogen-bond donors (Lipinski definition) is 1. The Morgan fingerprint density at radius 3 is 2.54 bits per heavy atom. The van der Waals surface area contributed by atoms with E-state index in [9.17, 15) is 4.79 Å². The van der Waals surface area contributed by atoms with E-state index >= 15 is 0 Å². The molecule has 1 N–H and O–H groups in total. The first-order valence-electron chi connectivity index (χ1n) is 9.58. The highest BCUT2D eigenvalue weighted by atomic mass is 16.2. The Morgan fingerprint density at radius 2 is 1.86 bits per heavy atom. The predicted molar refractivity (Wildman–Crippen MR) is 108 cm³/mol. The van der Waals surface area contributed by atoms with Crippen molar-refractivity contribution in [1.82, 2.24) is 29.8 Å². The summed E-state index contributed by atoms with van der Waals surface area (Å²) in [5.41, 5.74) is 5.56. The topological polar surface area (TPSA) is 68.0 Å². The second kappa shape index (κ2) is 7.24. The van der Waals surface area contributed by atoms with Gasteiger partial charge in [-0.3, -0.25) is 14.2 Å². The van der Waals surface area contributed by atoms with Crippen LogP contribution in [0.4, 0.5) is 0 Å². The molecule has 3 heterocycles. The highest BCUT2D eigenvalue weighted by molar-refractivity contribution is 5.94. The third-order valence-corrected chi connectivity index (χ3v) is 5.53. The minimum atomic E-state index is 0.0166. The van der Waals surface area contributed by atoms with E-state index in [0.717, 1.165) is 29.2 Å². The summed E-state index contributed by atoms with van der Waals surface area (Å²) >= 11 is 0. The molecule has 146 valence electrons. The van der Waals surface area contributed by atoms with Crippen molar-refractivity contribution >= 4 is 5.91 Å². The SMILES string of the molecule is Cc1nn(C)c(C)c1-c1cc(C(=O)N2CCNC(c3ccccc3)C2)n(C)n1. The molecule has 1 amide bonds. The van der Waals surface area contributed by atoms with E-state index < -0.39 is 0 Å². The van der Waals surface area contributed by atoms with Crippen LogP contribution in [0.2, 0.25) is 0 Å². The van der Waals surface area contributed by atoms with Crippen LogP contribution in [0, 0.1) is 13.8 Å². The van der Waals surface area contributed by atoms with Gasteiger partial charge < -0.3 is 10.2 Å². The molecule has 1 aromatic carbocycles. The second-order valence-corrected chi connectivity index (χ2v) is 7.38. The summed E-state index contributed by atoms with van der Waals surface area (Å²) in [6, 6.07) is 12.3. The maximum absolute atomic E-state index is 13.2. The number of carbonyl (C=O) groups is 1. The largest absolute Gasteiger partial charge is 0.334 e. The van der Waals surface area contributed by atoms with E-state index in [-0.39, 0.29) is 11.9 Å². The first-order valence-corrected chi connectivity index (χ1v) is 9.58. The van der Waals surface area contributed by atoms with Gasteiger partial charge in [-0.05, 0) is 25.5 Å². The number of piperazine rings is 1. The maximum atomic E-state index is 13.2. The predicted octanol–water partition coefficient (Wildman–Crippen LogP) is 2.22. The van der Waals surface area contributed by atoms with Crippen molar-refractivity contribution in [3.05, 3.63) is 59.0 Å². The minimum Gasteiger partial charge on any atom is -0.334 e. The molecule has 4 rings (SSSR count). The smallest absolute Gasteiger partial charge is 0.272 e. The van der Waals surface area contributed by atoms with Crippen LogP contribution < -0.4 is 5.32 Å². The van der Waals surface area contributed by atoms with Gasteiger partial charge in [-0.2, -0.15) is 10.2 Å². The first kappa shape index (κ1) is 18.4. The van der Waals surface area contributed by atoms with Gasteiger partial charge in [-0.1, -0.05) is 30.3 Å². The van der Waals surface area contributed by atoms with Crippen molar-refractivity contribution in [2.24, 2.45) is 14.1 Å². The van der Waals surface area contributed by atoms with Gasteiger partial charge in [0.15, 0.2) is 0 Å². The second-order valence-electron chi connectivity index (χ2n) is 7.38. The van der Waals surface area contributed by atoms with Crippen LogP contribution in [-0.2, 0) is 14.1 Å². The molecular formula is C21H26N6O. The average Bonchev–Trinajstić information content (AvgIpc) is 3.20. The summed E-state index contributed by atoms with van der Waals surface area (Å²) in [6.45, 7) is 6.10. The number of benzene rings is 1. The molecule has 1 fully saturated rings. The molecule has 3 aromatic rings. The zero-order valence-electron chi connectivity index (χ0n) is 16.8. The third kappa shape index (κ3) is 3.22. The number of rotatable bonds is 3. The quantitative estimate of drug-likeness (QED) is 0.759. The molecule has 7 heteroatoms. The Hall–Kier alpha value is -2.93. The lowest BCUT2D eigenvalue weighted by molar-refractivity contribution is 0.0692. The lowest BCUT2D eigenvalue weighted by Crippen LogP contribution is -2.48. The summed E-state index contributed by atoms with van der Waals surface area (Å²) in [5, 5.41) is 12.6. The molecule has 0 saturated carbocycles. The van der Waals surface area contributed by atoms with Crippen molar-refractivity contribution in [3.8, 4) is 11.3 Å². The third-order valence-electron chi connectivity index (χ3n) is 5.53. The van der Waals surface area contributed by atoms with Gasteiger partial charge in [0.25, 0.3) is 5.91 Å². The zero-order valence-corrected chi connectivity index (χ0v) is 16.8. The van der Waals surface area contributed by atoms with Crippen LogP contribution in [0.15, 0.2) is 36.4 Å². The van der Waals surface area contributed by atoms with Crippen LogP contribution in [0.5, 0.6) is 0 Å². The monoisotopic (exact) mass is 378 g/mol. The number of carbonyl (C=O) groups excluding carboxylic acids is 1. The molecule has 0 aliphatic carbocycles. The zero-order chi connectivity index (χ0) is 19.8. The van der Waals surface area contributed by atoms with E-state index in [4.69, 9.17) is 0 Å².